The van der Waals surface area contributed by atoms with E-state index in [0.717, 1.165) is 17.7 Å². The number of fused-ring (bicyclic) bond motifs is 3. The smallest absolute Gasteiger partial charge is 0.249 e. The summed E-state index contributed by atoms with van der Waals surface area (Å²) in [4.78, 5) is 12.0. The summed E-state index contributed by atoms with van der Waals surface area (Å²) in [6.45, 7) is 3.05. The van der Waals surface area contributed by atoms with Crippen LogP contribution in [0, 0.1) is 0 Å². The highest BCUT2D eigenvalue weighted by Gasteiger charge is 2.27. The van der Waals surface area contributed by atoms with Crippen molar-refractivity contribution in [2.75, 3.05) is 20.3 Å². The predicted octanol–water partition coefficient (Wildman–Crippen LogP) is 4.96. The Bertz CT molecular complexity index is 983. The maximum absolute atomic E-state index is 12.0. The molecular formula is C27H29NO3. The Balaban J connectivity index is 1.37. The van der Waals surface area contributed by atoms with E-state index in [2.05, 4.69) is 53.8 Å². The van der Waals surface area contributed by atoms with Gasteiger partial charge in [0.15, 0.2) is 0 Å². The molecule has 0 saturated heterocycles. The molecule has 0 heterocycles. The molecular weight excluding hydrogens is 386 g/mol. The van der Waals surface area contributed by atoms with Crippen LogP contribution in [0.2, 0.25) is 0 Å². The topological polar surface area (TPSA) is 47.6 Å². The van der Waals surface area contributed by atoms with Gasteiger partial charge >= 0.3 is 0 Å². The summed E-state index contributed by atoms with van der Waals surface area (Å²) in [5, 5.41) is 2.66. The number of rotatable bonds is 9. The van der Waals surface area contributed by atoms with Crippen molar-refractivity contribution >= 4 is 5.91 Å². The average molecular weight is 416 g/mol. The molecule has 1 aliphatic carbocycles. The van der Waals surface area contributed by atoms with Crippen molar-refractivity contribution in [3.8, 4) is 16.9 Å². The van der Waals surface area contributed by atoms with Gasteiger partial charge in [-0.3, -0.25) is 4.79 Å². The Labute approximate surface area is 184 Å². The van der Waals surface area contributed by atoms with E-state index in [9.17, 15) is 4.79 Å². The molecule has 1 unspecified atom stereocenters. The van der Waals surface area contributed by atoms with Crippen molar-refractivity contribution < 1.29 is 14.3 Å². The second-order valence-corrected chi connectivity index (χ2v) is 7.77. The Kier molecular flexibility index (Phi) is 6.68. The van der Waals surface area contributed by atoms with Crippen molar-refractivity contribution in [1.82, 2.24) is 5.32 Å². The van der Waals surface area contributed by atoms with Gasteiger partial charge in [0.25, 0.3) is 0 Å². The van der Waals surface area contributed by atoms with Gasteiger partial charge < -0.3 is 14.8 Å². The van der Waals surface area contributed by atoms with Crippen LogP contribution < -0.4 is 10.1 Å². The molecule has 0 fully saturated rings. The summed E-state index contributed by atoms with van der Waals surface area (Å²) in [6.07, 6.45) is 1.01. The van der Waals surface area contributed by atoms with E-state index in [1.54, 1.807) is 7.05 Å². The number of ether oxygens (including phenoxy) is 2. The van der Waals surface area contributed by atoms with E-state index >= 15 is 0 Å². The third-order valence-corrected chi connectivity index (χ3v) is 5.89. The van der Waals surface area contributed by atoms with Gasteiger partial charge in [0.2, 0.25) is 5.91 Å². The highest BCUT2D eigenvalue weighted by Crippen LogP contribution is 2.45. The molecule has 0 saturated carbocycles. The summed E-state index contributed by atoms with van der Waals surface area (Å²) in [7, 11) is 1.63. The first kappa shape index (κ1) is 21.1. The molecule has 3 aromatic rings. The van der Waals surface area contributed by atoms with E-state index in [-0.39, 0.29) is 5.91 Å². The SMILES string of the molecule is CCOC(Cc1ccc(OCCC2c3ccccc3-c3ccccc32)cc1)C(=O)NC. The fourth-order valence-electron chi connectivity index (χ4n) is 4.39. The Morgan fingerprint density at radius 1 is 0.935 bits per heavy atom. The Hall–Kier alpha value is -3.11. The fraction of sp³-hybridized carbons (Fsp3) is 0.296. The zero-order valence-electron chi connectivity index (χ0n) is 18.1. The lowest BCUT2D eigenvalue weighted by molar-refractivity contribution is -0.131. The van der Waals surface area contributed by atoms with Gasteiger partial charge in [-0.2, -0.15) is 0 Å². The minimum Gasteiger partial charge on any atom is -0.494 e. The van der Waals surface area contributed by atoms with Crippen LogP contribution in [0.1, 0.15) is 36.0 Å². The van der Waals surface area contributed by atoms with Gasteiger partial charge in [-0.25, -0.2) is 0 Å². The molecule has 0 aromatic heterocycles. The first-order chi connectivity index (χ1) is 15.2. The molecule has 1 atom stereocenters. The number of carbonyl (C=O) groups excluding carboxylic acids is 1. The highest BCUT2D eigenvalue weighted by atomic mass is 16.5. The fourth-order valence-corrected chi connectivity index (χ4v) is 4.39. The standard InChI is InChI=1S/C27H29NO3/c1-3-30-26(27(29)28-2)18-19-12-14-20(15-13-19)31-17-16-25-23-10-6-4-8-21(23)22-9-5-7-11-24(22)25/h4-15,25-26H,3,16-18H2,1-2H3,(H,28,29). The molecule has 3 aromatic carbocycles. The number of hydrogen-bond acceptors (Lipinski definition) is 3. The number of carbonyl (C=O) groups is 1. The summed E-state index contributed by atoms with van der Waals surface area (Å²) in [5.74, 6) is 1.11. The molecule has 1 aliphatic rings. The van der Waals surface area contributed by atoms with Gasteiger partial charge in [0.05, 0.1) is 6.61 Å². The monoisotopic (exact) mass is 415 g/mol. The summed E-state index contributed by atoms with van der Waals surface area (Å²) >= 11 is 0. The molecule has 31 heavy (non-hydrogen) atoms. The largest absolute Gasteiger partial charge is 0.494 e. The van der Waals surface area contributed by atoms with Crippen LogP contribution >= 0.6 is 0 Å². The van der Waals surface area contributed by atoms with Crippen LogP contribution in [0.3, 0.4) is 0 Å². The summed E-state index contributed by atoms with van der Waals surface area (Å²) in [5.41, 5.74) is 6.51. The van der Waals surface area contributed by atoms with Gasteiger partial charge in [-0.1, -0.05) is 60.7 Å². The summed E-state index contributed by atoms with van der Waals surface area (Å²) in [6, 6.07) is 25.3. The van der Waals surface area contributed by atoms with E-state index in [0.29, 0.717) is 25.6 Å². The number of nitrogens with one attached hydrogen (secondary N) is 1. The quantitative estimate of drug-likeness (QED) is 0.537. The second-order valence-electron chi connectivity index (χ2n) is 7.77. The Morgan fingerprint density at radius 2 is 1.55 bits per heavy atom. The molecule has 1 amide bonds. The maximum Gasteiger partial charge on any atom is 0.249 e. The lowest BCUT2D eigenvalue weighted by Crippen LogP contribution is -2.35. The third-order valence-electron chi connectivity index (χ3n) is 5.89. The molecule has 4 nitrogen and oxygen atoms in total. The van der Waals surface area contributed by atoms with Crippen LogP contribution in [0.4, 0.5) is 0 Å². The molecule has 0 spiro atoms. The van der Waals surface area contributed by atoms with Gasteiger partial charge in [0, 0.05) is 26.0 Å². The lowest BCUT2D eigenvalue weighted by atomic mass is 9.94. The number of benzene rings is 3. The van der Waals surface area contributed by atoms with Crippen LogP contribution in [0.25, 0.3) is 11.1 Å². The zero-order chi connectivity index (χ0) is 21.6. The van der Waals surface area contributed by atoms with Crippen LogP contribution in [0.15, 0.2) is 72.8 Å². The molecule has 0 radical (unpaired) electrons. The lowest BCUT2D eigenvalue weighted by Gasteiger charge is -2.16. The maximum atomic E-state index is 12.0. The van der Waals surface area contributed by atoms with Crippen LogP contribution in [-0.4, -0.2) is 32.3 Å². The van der Waals surface area contributed by atoms with E-state index in [1.807, 2.05) is 31.2 Å². The van der Waals surface area contributed by atoms with Crippen molar-refractivity contribution in [2.24, 2.45) is 0 Å². The predicted molar refractivity (Wildman–Crippen MR) is 123 cm³/mol. The van der Waals surface area contributed by atoms with Crippen molar-refractivity contribution in [2.45, 2.75) is 31.8 Å². The summed E-state index contributed by atoms with van der Waals surface area (Å²) < 4.78 is 11.6. The van der Waals surface area contributed by atoms with Crippen molar-refractivity contribution in [3.63, 3.8) is 0 Å². The second kappa shape index (κ2) is 9.80. The van der Waals surface area contributed by atoms with Crippen molar-refractivity contribution in [3.05, 3.63) is 89.5 Å². The highest BCUT2D eigenvalue weighted by molar-refractivity contribution is 5.81. The number of hydrogen-bond donors (Lipinski definition) is 1. The van der Waals surface area contributed by atoms with E-state index in [1.165, 1.54) is 22.3 Å². The van der Waals surface area contributed by atoms with E-state index < -0.39 is 6.10 Å². The minimum absolute atomic E-state index is 0.0979. The normalized spacial score (nSPS) is 13.4. The van der Waals surface area contributed by atoms with E-state index in [4.69, 9.17) is 9.47 Å². The van der Waals surface area contributed by atoms with Gasteiger partial charge in [-0.05, 0) is 53.3 Å². The number of amides is 1. The molecule has 1 N–H and O–H groups in total. The molecule has 4 rings (SSSR count). The molecule has 0 bridgehead atoms. The van der Waals surface area contributed by atoms with Gasteiger partial charge in [0.1, 0.15) is 11.9 Å². The molecule has 160 valence electrons. The minimum atomic E-state index is -0.468. The van der Waals surface area contributed by atoms with Crippen LogP contribution in [-0.2, 0) is 16.0 Å². The zero-order valence-corrected chi connectivity index (χ0v) is 18.1. The first-order valence-corrected chi connectivity index (χ1v) is 10.9. The van der Waals surface area contributed by atoms with Crippen LogP contribution in [0.5, 0.6) is 5.75 Å². The first-order valence-electron chi connectivity index (χ1n) is 10.9. The molecule has 4 heteroatoms. The average Bonchev–Trinajstić information content (AvgIpc) is 3.13. The third kappa shape index (κ3) is 4.64. The van der Waals surface area contributed by atoms with Crippen molar-refractivity contribution in [1.29, 1.82) is 0 Å². The number of likely N-dealkylation sites (N-methyl/N-ethyl adjacent to an activating group) is 1. The molecule has 0 aliphatic heterocycles. The van der Waals surface area contributed by atoms with Gasteiger partial charge in [-0.15, -0.1) is 0 Å². The Morgan fingerprint density at radius 3 is 2.13 bits per heavy atom.